The molecule has 2 N–H and O–H groups in total. The molecule has 0 bridgehead atoms. The minimum Gasteiger partial charge on any atom is -0.391 e. The van der Waals surface area contributed by atoms with Crippen molar-refractivity contribution in [3.05, 3.63) is 30.5 Å². The number of fused-ring (bicyclic) bond motifs is 1. The zero-order valence-corrected chi connectivity index (χ0v) is 15.8. The van der Waals surface area contributed by atoms with E-state index >= 15 is 0 Å². The van der Waals surface area contributed by atoms with Crippen molar-refractivity contribution in [3.8, 4) is 0 Å². The van der Waals surface area contributed by atoms with Crippen LogP contribution in [0.1, 0.15) is 19.3 Å². The standard InChI is InChI=1S/C20H26N4O4/c25-18-6-5-14(20(27)23-7-9-28-10-8-23)11-16(18)22-19(26)13-24-17-4-2-1-3-15(17)12-21-24/h1-4,12,14,16,18,25H,5-11,13H2,(H,22,26)/t14-,16+,18+/m0/s1. The Kier molecular flexibility index (Phi) is 5.59. The third-order valence-corrected chi connectivity index (χ3v) is 5.68. The molecule has 1 aromatic heterocycles. The van der Waals surface area contributed by atoms with Crippen molar-refractivity contribution < 1.29 is 19.4 Å². The molecule has 28 heavy (non-hydrogen) atoms. The summed E-state index contributed by atoms with van der Waals surface area (Å²) in [6.45, 7) is 2.44. The topological polar surface area (TPSA) is 96.7 Å². The fraction of sp³-hybridized carbons (Fsp3) is 0.550. The molecule has 1 aliphatic heterocycles. The van der Waals surface area contributed by atoms with Crippen molar-refractivity contribution in [3.63, 3.8) is 0 Å². The van der Waals surface area contributed by atoms with Gasteiger partial charge in [-0.2, -0.15) is 5.10 Å². The smallest absolute Gasteiger partial charge is 0.242 e. The summed E-state index contributed by atoms with van der Waals surface area (Å²) in [5, 5.41) is 18.5. The summed E-state index contributed by atoms with van der Waals surface area (Å²) in [7, 11) is 0. The molecule has 8 nitrogen and oxygen atoms in total. The van der Waals surface area contributed by atoms with Crippen molar-refractivity contribution in [2.75, 3.05) is 26.3 Å². The molecule has 0 unspecified atom stereocenters. The Morgan fingerprint density at radius 3 is 2.82 bits per heavy atom. The van der Waals surface area contributed by atoms with Gasteiger partial charge in [-0.15, -0.1) is 0 Å². The molecular formula is C20H26N4O4. The van der Waals surface area contributed by atoms with Crippen LogP contribution in [0.2, 0.25) is 0 Å². The molecule has 2 aromatic rings. The predicted molar refractivity (Wildman–Crippen MR) is 102 cm³/mol. The van der Waals surface area contributed by atoms with Crippen LogP contribution in [0.25, 0.3) is 10.9 Å². The van der Waals surface area contributed by atoms with Crippen molar-refractivity contribution in [1.29, 1.82) is 0 Å². The van der Waals surface area contributed by atoms with Crippen LogP contribution in [-0.2, 0) is 20.9 Å². The van der Waals surface area contributed by atoms with Crippen LogP contribution in [0.15, 0.2) is 30.5 Å². The van der Waals surface area contributed by atoms with E-state index < -0.39 is 12.1 Å². The number of rotatable bonds is 4. The van der Waals surface area contributed by atoms with Crippen LogP contribution >= 0.6 is 0 Å². The second-order valence-electron chi connectivity index (χ2n) is 7.55. The van der Waals surface area contributed by atoms with E-state index in [1.807, 2.05) is 29.2 Å². The van der Waals surface area contributed by atoms with E-state index in [0.29, 0.717) is 45.6 Å². The number of benzene rings is 1. The Balaban J connectivity index is 1.37. The summed E-state index contributed by atoms with van der Waals surface area (Å²) >= 11 is 0. The third kappa shape index (κ3) is 4.02. The first kappa shape index (κ1) is 18.9. The highest BCUT2D eigenvalue weighted by Gasteiger charge is 2.36. The van der Waals surface area contributed by atoms with E-state index in [0.717, 1.165) is 10.9 Å². The molecule has 1 aromatic carbocycles. The highest BCUT2D eigenvalue weighted by molar-refractivity contribution is 5.82. The molecule has 0 spiro atoms. The Morgan fingerprint density at radius 2 is 2.00 bits per heavy atom. The first-order chi connectivity index (χ1) is 13.6. The Morgan fingerprint density at radius 1 is 1.21 bits per heavy atom. The monoisotopic (exact) mass is 386 g/mol. The number of morpholine rings is 1. The number of ether oxygens (including phenoxy) is 1. The average Bonchev–Trinajstić information content (AvgIpc) is 3.12. The van der Waals surface area contributed by atoms with Crippen LogP contribution in [-0.4, -0.2) is 70.1 Å². The van der Waals surface area contributed by atoms with Gasteiger partial charge in [-0.05, 0) is 25.3 Å². The predicted octanol–water partition coefficient (Wildman–Crippen LogP) is 0.541. The van der Waals surface area contributed by atoms with Crippen LogP contribution < -0.4 is 5.32 Å². The van der Waals surface area contributed by atoms with Gasteiger partial charge < -0.3 is 20.1 Å². The fourth-order valence-corrected chi connectivity index (χ4v) is 4.12. The van der Waals surface area contributed by atoms with Gasteiger partial charge in [0.15, 0.2) is 0 Å². The van der Waals surface area contributed by atoms with Gasteiger partial charge in [0.2, 0.25) is 11.8 Å². The quantitative estimate of drug-likeness (QED) is 0.800. The minimum atomic E-state index is -0.632. The number of nitrogens with one attached hydrogen (secondary N) is 1. The SMILES string of the molecule is O=C(Cn1ncc2ccccc21)N[C@@H]1C[C@@H](C(=O)N2CCOCC2)CC[C@H]1O. The van der Waals surface area contributed by atoms with Crippen LogP contribution in [0.3, 0.4) is 0 Å². The van der Waals surface area contributed by atoms with E-state index in [-0.39, 0.29) is 24.3 Å². The molecule has 0 radical (unpaired) electrons. The number of aliphatic hydroxyl groups excluding tert-OH is 1. The molecule has 2 fully saturated rings. The van der Waals surface area contributed by atoms with Crippen molar-refractivity contribution >= 4 is 22.7 Å². The number of para-hydroxylation sites is 1. The zero-order chi connectivity index (χ0) is 19.5. The second kappa shape index (κ2) is 8.28. The molecule has 2 heterocycles. The lowest BCUT2D eigenvalue weighted by atomic mass is 9.82. The maximum Gasteiger partial charge on any atom is 0.242 e. The molecule has 3 atom stereocenters. The number of amides is 2. The molecule has 1 saturated carbocycles. The first-order valence-corrected chi connectivity index (χ1v) is 9.86. The van der Waals surface area contributed by atoms with Crippen LogP contribution in [0.5, 0.6) is 0 Å². The molecule has 150 valence electrons. The number of hydrogen-bond acceptors (Lipinski definition) is 5. The Labute approximate surface area is 163 Å². The van der Waals surface area contributed by atoms with E-state index in [1.165, 1.54) is 0 Å². The summed E-state index contributed by atoms with van der Waals surface area (Å²) in [4.78, 5) is 27.1. The van der Waals surface area contributed by atoms with Crippen molar-refractivity contribution in [2.24, 2.45) is 5.92 Å². The van der Waals surface area contributed by atoms with Gasteiger partial charge in [0.1, 0.15) is 6.54 Å². The number of carbonyl (C=O) groups excluding carboxylic acids is 2. The maximum absolute atomic E-state index is 12.8. The Hall–Kier alpha value is -2.45. The van der Waals surface area contributed by atoms with Gasteiger partial charge in [0, 0.05) is 24.4 Å². The lowest BCUT2D eigenvalue weighted by Crippen LogP contribution is -2.52. The fourth-order valence-electron chi connectivity index (χ4n) is 4.12. The van der Waals surface area contributed by atoms with Crippen LogP contribution in [0.4, 0.5) is 0 Å². The summed E-state index contributed by atoms with van der Waals surface area (Å²) in [6.07, 6.45) is 2.72. The summed E-state index contributed by atoms with van der Waals surface area (Å²) < 4.78 is 6.96. The van der Waals surface area contributed by atoms with E-state index in [4.69, 9.17) is 4.74 Å². The summed E-state index contributed by atoms with van der Waals surface area (Å²) in [5.41, 5.74) is 0.891. The highest BCUT2D eigenvalue weighted by atomic mass is 16.5. The number of aliphatic hydroxyl groups is 1. The van der Waals surface area contributed by atoms with Gasteiger partial charge in [-0.3, -0.25) is 14.3 Å². The zero-order valence-electron chi connectivity index (χ0n) is 15.8. The normalized spacial score (nSPS) is 25.6. The third-order valence-electron chi connectivity index (χ3n) is 5.68. The molecule has 2 aliphatic rings. The lowest BCUT2D eigenvalue weighted by molar-refractivity contribution is -0.142. The Bertz CT molecular complexity index is 846. The highest BCUT2D eigenvalue weighted by Crippen LogP contribution is 2.27. The number of nitrogens with zero attached hydrogens (tertiary/aromatic N) is 3. The van der Waals surface area contributed by atoms with Crippen LogP contribution in [0, 0.1) is 5.92 Å². The maximum atomic E-state index is 12.8. The molecule has 1 saturated heterocycles. The van der Waals surface area contributed by atoms with Gasteiger partial charge in [-0.25, -0.2) is 0 Å². The second-order valence-corrected chi connectivity index (χ2v) is 7.55. The largest absolute Gasteiger partial charge is 0.391 e. The molecular weight excluding hydrogens is 360 g/mol. The molecule has 4 rings (SSSR count). The summed E-state index contributed by atoms with van der Waals surface area (Å²) in [6, 6.07) is 7.29. The van der Waals surface area contributed by atoms with Gasteiger partial charge in [0.05, 0.1) is 37.1 Å². The average molecular weight is 386 g/mol. The molecule has 2 amide bonds. The van der Waals surface area contributed by atoms with Crippen molar-refractivity contribution in [1.82, 2.24) is 20.0 Å². The number of carbonyl (C=O) groups is 2. The lowest BCUT2D eigenvalue weighted by Gasteiger charge is -2.36. The van der Waals surface area contributed by atoms with E-state index in [2.05, 4.69) is 10.4 Å². The number of aromatic nitrogens is 2. The molecule has 8 heteroatoms. The first-order valence-electron chi connectivity index (χ1n) is 9.86. The van der Waals surface area contributed by atoms with Crippen molar-refractivity contribution in [2.45, 2.75) is 38.0 Å². The van der Waals surface area contributed by atoms with Gasteiger partial charge >= 0.3 is 0 Å². The minimum absolute atomic E-state index is 0.0822. The van der Waals surface area contributed by atoms with E-state index in [9.17, 15) is 14.7 Å². The summed E-state index contributed by atoms with van der Waals surface area (Å²) in [5.74, 6) is -0.276. The van der Waals surface area contributed by atoms with Gasteiger partial charge in [-0.1, -0.05) is 18.2 Å². The molecule has 1 aliphatic carbocycles. The van der Waals surface area contributed by atoms with E-state index in [1.54, 1.807) is 10.9 Å². The van der Waals surface area contributed by atoms with Gasteiger partial charge in [0.25, 0.3) is 0 Å². The number of hydrogen-bond donors (Lipinski definition) is 2.